The van der Waals surface area contributed by atoms with Gasteiger partial charge in [0.15, 0.2) is 0 Å². The Kier molecular flexibility index (Phi) is 3.60. The van der Waals surface area contributed by atoms with Gasteiger partial charge in [-0.1, -0.05) is 36.4 Å². The van der Waals surface area contributed by atoms with E-state index in [0.717, 1.165) is 16.3 Å². The Bertz CT molecular complexity index is 683. The van der Waals surface area contributed by atoms with Crippen molar-refractivity contribution < 1.29 is 9.59 Å². The second-order valence-electron chi connectivity index (χ2n) is 5.32. The summed E-state index contributed by atoms with van der Waals surface area (Å²) in [5, 5.41) is 2.06. The van der Waals surface area contributed by atoms with Crippen LogP contribution in [0.2, 0.25) is 0 Å². The summed E-state index contributed by atoms with van der Waals surface area (Å²) < 4.78 is 0. The summed E-state index contributed by atoms with van der Waals surface area (Å²) in [6.07, 6.45) is 0. The number of amides is 2. The maximum Gasteiger partial charge on any atom is 0.254 e. The molecule has 108 valence electrons. The minimum Gasteiger partial charge on any atom is -0.339 e. The Labute approximate surface area is 124 Å². The van der Waals surface area contributed by atoms with Gasteiger partial charge in [-0.3, -0.25) is 9.59 Å². The first-order valence-corrected chi connectivity index (χ1v) is 7.19. The van der Waals surface area contributed by atoms with Crippen LogP contribution in [-0.2, 0) is 4.79 Å². The number of fused-ring (bicyclic) bond motifs is 1. The molecule has 0 unspecified atom stereocenters. The van der Waals surface area contributed by atoms with E-state index in [9.17, 15) is 9.59 Å². The molecule has 1 saturated heterocycles. The SMILES string of the molecule is CC(=O)N1CCN(C(=O)c2cccc3ccccc23)CC1. The van der Waals surface area contributed by atoms with E-state index in [-0.39, 0.29) is 11.8 Å². The van der Waals surface area contributed by atoms with E-state index in [1.165, 1.54) is 0 Å². The van der Waals surface area contributed by atoms with E-state index in [1.54, 1.807) is 11.8 Å². The van der Waals surface area contributed by atoms with Gasteiger partial charge < -0.3 is 9.80 Å². The first kappa shape index (κ1) is 13.6. The fourth-order valence-corrected chi connectivity index (χ4v) is 2.81. The molecule has 1 aliphatic rings. The zero-order valence-electron chi connectivity index (χ0n) is 12.1. The van der Waals surface area contributed by atoms with E-state index >= 15 is 0 Å². The summed E-state index contributed by atoms with van der Waals surface area (Å²) in [7, 11) is 0. The molecule has 1 heterocycles. The Balaban J connectivity index is 1.84. The smallest absolute Gasteiger partial charge is 0.254 e. The average molecular weight is 282 g/mol. The molecule has 1 aliphatic heterocycles. The van der Waals surface area contributed by atoms with Crippen molar-refractivity contribution in [2.45, 2.75) is 6.92 Å². The summed E-state index contributed by atoms with van der Waals surface area (Å²) in [4.78, 5) is 27.7. The van der Waals surface area contributed by atoms with Gasteiger partial charge >= 0.3 is 0 Å². The van der Waals surface area contributed by atoms with Crippen molar-refractivity contribution in [1.29, 1.82) is 0 Å². The first-order chi connectivity index (χ1) is 10.2. The summed E-state index contributed by atoms with van der Waals surface area (Å²) in [6.45, 7) is 4.00. The second kappa shape index (κ2) is 5.56. The molecule has 2 aromatic rings. The Hall–Kier alpha value is -2.36. The molecule has 21 heavy (non-hydrogen) atoms. The van der Waals surface area contributed by atoms with Crippen LogP contribution in [0.25, 0.3) is 10.8 Å². The van der Waals surface area contributed by atoms with Crippen LogP contribution in [0, 0.1) is 0 Å². The minimum absolute atomic E-state index is 0.0509. The van der Waals surface area contributed by atoms with Gasteiger partial charge in [0.05, 0.1) is 0 Å². The molecule has 4 nitrogen and oxygen atoms in total. The summed E-state index contributed by atoms with van der Waals surface area (Å²) >= 11 is 0. The van der Waals surface area contributed by atoms with Crippen molar-refractivity contribution in [3.8, 4) is 0 Å². The van der Waals surface area contributed by atoms with E-state index in [1.807, 2.05) is 47.4 Å². The van der Waals surface area contributed by atoms with E-state index in [2.05, 4.69) is 0 Å². The molecule has 0 N–H and O–H groups in total. The fourth-order valence-electron chi connectivity index (χ4n) is 2.81. The molecular weight excluding hydrogens is 264 g/mol. The van der Waals surface area contributed by atoms with Crippen LogP contribution >= 0.6 is 0 Å². The van der Waals surface area contributed by atoms with Gasteiger partial charge in [0.25, 0.3) is 5.91 Å². The van der Waals surface area contributed by atoms with Gasteiger partial charge in [-0.25, -0.2) is 0 Å². The number of carbonyl (C=O) groups is 2. The van der Waals surface area contributed by atoms with Crippen LogP contribution in [0.1, 0.15) is 17.3 Å². The summed E-state index contributed by atoms with van der Waals surface area (Å²) in [5.74, 6) is 0.127. The predicted octanol–water partition coefficient (Wildman–Crippen LogP) is 2.14. The van der Waals surface area contributed by atoms with Crippen molar-refractivity contribution >= 4 is 22.6 Å². The zero-order chi connectivity index (χ0) is 14.8. The lowest BCUT2D eigenvalue weighted by Crippen LogP contribution is -2.50. The molecule has 1 fully saturated rings. The van der Waals surface area contributed by atoms with Crippen molar-refractivity contribution in [2.75, 3.05) is 26.2 Å². The van der Waals surface area contributed by atoms with Crippen molar-refractivity contribution in [1.82, 2.24) is 9.80 Å². The van der Waals surface area contributed by atoms with Gasteiger partial charge in [0, 0.05) is 38.7 Å². The van der Waals surface area contributed by atoms with E-state index in [0.29, 0.717) is 26.2 Å². The number of carbonyl (C=O) groups excluding carboxylic acids is 2. The summed E-state index contributed by atoms with van der Waals surface area (Å²) in [5.41, 5.74) is 0.740. The fraction of sp³-hybridized carbons (Fsp3) is 0.294. The highest BCUT2D eigenvalue weighted by atomic mass is 16.2. The molecule has 2 amide bonds. The molecule has 0 radical (unpaired) electrons. The van der Waals surface area contributed by atoms with Crippen molar-refractivity contribution in [2.24, 2.45) is 0 Å². The lowest BCUT2D eigenvalue weighted by atomic mass is 10.0. The highest BCUT2D eigenvalue weighted by molar-refractivity contribution is 6.07. The molecule has 4 heteroatoms. The normalized spacial score (nSPS) is 15.3. The van der Waals surface area contributed by atoms with Gasteiger partial charge in [-0.2, -0.15) is 0 Å². The topological polar surface area (TPSA) is 40.6 Å². The molecule has 0 aliphatic carbocycles. The summed E-state index contributed by atoms with van der Waals surface area (Å²) in [6, 6.07) is 13.7. The van der Waals surface area contributed by atoms with E-state index in [4.69, 9.17) is 0 Å². The number of hydrogen-bond donors (Lipinski definition) is 0. The van der Waals surface area contributed by atoms with Crippen molar-refractivity contribution in [3.63, 3.8) is 0 Å². The van der Waals surface area contributed by atoms with Gasteiger partial charge in [0.1, 0.15) is 0 Å². The molecular formula is C17H18N2O2. The first-order valence-electron chi connectivity index (χ1n) is 7.19. The van der Waals surface area contributed by atoms with Crippen LogP contribution in [0.15, 0.2) is 42.5 Å². The predicted molar refractivity (Wildman–Crippen MR) is 82.1 cm³/mol. The maximum atomic E-state index is 12.7. The van der Waals surface area contributed by atoms with Crippen LogP contribution in [0.4, 0.5) is 0 Å². The number of rotatable bonds is 1. The van der Waals surface area contributed by atoms with Crippen LogP contribution in [-0.4, -0.2) is 47.8 Å². The number of nitrogens with zero attached hydrogens (tertiary/aromatic N) is 2. The highest BCUT2D eigenvalue weighted by Gasteiger charge is 2.24. The Morgan fingerprint density at radius 2 is 1.48 bits per heavy atom. The second-order valence-corrected chi connectivity index (χ2v) is 5.32. The van der Waals surface area contributed by atoms with Gasteiger partial charge in [0.2, 0.25) is 5.91 Å². The van der Waals surface area contributed by atoms with Gasteiger partial charge in [-0.15, -0.1) is 0 Å². The highest BCUT2D eigenvalue weighted by Crippen LogP contribution is 2.20. The van der Waals surface area contributed by atoms with Crippen molar-refractivity contribution in [3.05, 3.63) is 48.0 Å². The quantitative estimate of drug-likeness (QED) is 0.804. The molecule has 0 bridgehead atoms. The van der Waals surface area contributed by atoms with Crippen LogP contribution in [0.3, 0.4) is 0 Å². The third kappa shape index (κ3) is 2.61. The van der Waals surface area contributed by atoms with Gasteiger partial charge in [-0.05, 0) is 16.8 Å². The standard InChI is InChI=1S/C17H18N2O2/c1-13(20)18-9-11-19(12-10-18)17(21)16-8-4-6-14-5-2-3-7-15(14)16/h2-8H,9-12H2,1H3. The Morgan fingerprint density at radius 3 is 2.19 bits per heavy atom. The lowest BCUT2D eigenvalue weighted by molar-refractivity contribution is -0.130. The number of hydrogen-bond acceptors (Lipinski definition) is 2. The Morgan fingerprint density at radius 1 is 0.857 bits per heavy atom. The number of piperazine rings is 1. The zero-order valence-corrected chi connectivity index (χ0v) is 12.1. The maximum absolute atomic E-state index is 12.7. The minimum atomic E-state index is 0.0509. The average Bonchev–Trinajstić information content (AvgIpc) is 2.53. The van der Waals surface area contributed by atoms with Crippen LogP contribution < -0.4 is 0 Å². The molecule has 0 saturated carbocycles. The number of benzene rings is 2. The largest absolute Gasteiger partial charge is 0.339 e. The van der Waals surface area contributed by atoms with E-state index < -0.39 is 0 Å². The lowest BCUT2D eigenvalue weighted by Gasteiger charge is -2.34. The third-order valence-electron chi connectivity index (χ3n) is 4.03. The third-order valence-corrected chi connectivity index (χ3v) is 4.03. The monoisotopic (exact) mass is 282 g/mol. The molecule has 0 atom stereocenters. The van der Waals surface area contributed by atoms with Crippen LogP contribution in [0.5, 0.6) is 0 Å². The molecule has 0 spiro atoms. The molecule has 3 rings (SSSR count). The molecule has 0 aromatic heterocycles. The molecule has 2 aromatic carbocycles.